The van der Waals surface area contributed by atoms with E-state index in [1.807, 2.05) is 32.0 Å². The average molecular weight is 503 g/mol. The number of anilines is 1. The molecule has 0 unspecified atom stereocenters. The number of rotatable bonds is 8. The van der Waals surface area contributed by atoms with Crippen LogP contribution in [0.3, 0.4) is 0 Å². The number of amides is 3. The topological polar surface area (TPSA) is 127 Å². The zero-order valence-corrected chi connectivity index (χ0v) is 20.4. The predicted octanol–water partition coefficient (Wildman–Crippen LogP) is 2.82. The van der Waals surface area contributed by atoms with Crippen LogP contribution in [-0.2, 0) is 20.9 Å². The predicted molar refractivity (Wildman–Crippen MR) is 137 cm³/mol. The van der Waals surface area contributed by atoms with Crippen LogP contribution in [0.25, 0.3) is 0 Å². The number of hydrazone groups is 1. The molecule has 1 aliphatic heterocycles. The van der Waals surface area contributed by atoms with Gasteiger partial charge in [-0.05, 0) is 78.6 Å². The molecule has 0 saturated heterocycles. The SMILES string of the molecule is Cc1cccc(NC(=O)COc2ccc(/C=N\NC(=O)C(=O)NCc3ccc4c(c3)OCO4)cc2)c1C. The quantitative estimate of drug-likeness (QED) is 0.247. The summed E-state index contributed by atoms with van der Waals surface area (Å²) in [4.78, 5) is 36.2. The fraction of sp³-hybridized carbons (Fsp3) is 0.185. The molecule has 0 fully saturated rings. The molecule has 0 spiro atoms. The van der Waals surface area contributed by atoms with Crippen molar-refractivity contribution in [1.29, 1.82) is 0 Å². The van der Waals surface area contributed by atoms with Crippen molar-refractivity contribution in [1.82, 2.24) is 10.7 Å². The summed E-state index contributed by atoms with van der Waals surface area (Å²) < 4.78 is 16.1. The van der Waals surface area contributed by atoms with Crippen molar-refractivity contribution < 1.29 is 28.6 Å². The van der Waals surface area contributed by atoms with Crippen LogP contribution in [0.15, 0.2) is 65.8 Å². The van der Waals surface area contributed by atoms with Crippen molar-refractivity contribution >= 4 is 29.6 Å². The zero-order chi connectivity index (χ0) is 26.2. The largest absolute Gasteiger partial charge is 0.484 e. The van der Waals surface area contributed by atoms with Crippen LogP contribution >= 0.6 is 0 Å². The number of benzene rings is 3. The van der Waals surface area contributed by atoms with Gasteiger partial charge in [0.1, 0.15) is 5.75 Å². The van der Waals surface area contributed by atoms with E-state index in [9.17, 15) is 14.4 Å². The van der Waals surface area contributed by atoms with Gasteiger partial charge in [-0.15, -0.1) is 0 Å². The van der Waals surface area contributed by atoms with Gasteiger partial charge in [0.05, 0.1) is 6.21 Å². The smallest absolute Gasteiger partial charge is 0.329 e. The Morgan fingerprint density at radius 3 is 2.57 bits per heavy atom. The van der Waals surface area contributed by atoms with Crippen molar-refractivity contribution in [3.8, 4) is 17.2 Å². The third kappa shape index (κ3) is 6.85. The summed E-state index contributed by atoms with van der Waals surface area (Å²) in [5, 5.41) is 9.16. The number of fused-ring (bicyclic) bond motifs is 1. The molecule has 3 amide bonds. The molecule has 0 atom stereocenters. The number of hydrogen-bond acceptors (Lipinski definition) is 7. The zero-order valence-electron chi connectivity index (χ0n) is 20.4. The Labute approximate surface area is 213 Å². The molecule has 0 radical (unpaired) electrons. The number of ether oxygens (including phenoxy) is 3. The second-order valence-corrected chi connectivity index (χ2v) is 8.22. The molecule has 1 heterocycles. The van der Waals surface area contributed by atoms with Crippen LogP contribution in [0.5, 0.6) is 17.2 Å². The highest BCUT2D eigenvalue weighted by Gasteiger charge is 2.15. The van der Waals surface area contributed by atoms with Gasteiger partial charge >= 0.3 is 11.8 Å². The lowest BCUT2D eigenvalue weighted by Crippen LogP contribution is -2.37. The highest BCUT2D eigenvalue weighted by atomic mass is 16.7. The molecule has 3 aromatic rings. The molecular formula is C27H26N4O6. The average Bonchev–Trinajstić information content (AvgIpc) is 3.37. The molecule has 0 saturated carbocycles. The summed E-state index contributed by atoms with van der Waals surface area (Å²) in [5.74, 6) is -0.248. The van der Waals surface area contributed by atoms with Crippen LogP contribution in [0.2, 0.25) is 0 Å². The molecule has 10 nitrogen and oxygen atoms in total. The Hall–Kier alpha value is -4.86. The second-order valence-electron chi connectivity index (χ2n) is 8.22. The maximum atomic E-state index is 12.2. The van der Waals surface area contributed by atoms with Gasteiger partial charge in [-0.3, -0.25) is 14.4 Å². The fourth-order valence-electron chi connectivity index (χ4n) is 3.40. The van der Waals surface area contributed by atoms with E-state index < -0.39 is 11.8 Å². The Balaban J connectivity index is 1.18. The maximum absolute atomic E-state index is 12.2. The Bertz CT molecular complexity index is 1340. The van der Waals surface area contributed by atoms with Crippen LogP contribution in [0.4, 0.5) is 5.69 Å². The standard InChI is InChI=1S/C27H26N4O6/c1-17-4-3-5-22(18(17)2)30-25(32)15-35-21-9-6-19(7-10-21)14-29-31-27(34)26(33)28-13-20-8-11-23-24(12-20)37-16-36-23/h3-12,14H,13,15-16H2,1-2H3,(H,28,33)(H,30,32)(H,31,34)/b29-14-. The van der Waals surface area contributed by atoms with Gasteiger partial charge in [0.2, 0.25) is 6.79 Å². The van der Waals surface area contributed by atoms with Gasteiger partial charge in [0, 0.05) is 12.2 Å². The van der Waals surface area contributed by atoms with E-state index in [2.05, 4.69) is 21.2 Å². The van der Waals surface area contributed by atoms with Gasteiger partial charge in [-0.2, -0.15) is 5.10 Å². The minimum absolute atomic E-state index is 0.141. The minimum Gasteiger partial charge on any atom is -0.484 e. The van der Waals surface area contributed by atoms with Crippen molar-refractivity contribution in [3.63, 3.8) is 0 Å². The first-order chi connectivity index (χ1) is 17.9. The molecule has 0 bridgehead atoms. The van der Waals surface area contributed by atoms with Crippen LogP contribution in [-0.4, -0.2) is 37.3 Å². The van der Waals surface area contributed by atoms with E-state index in [-0.39, 0.29) is 25.9 Å². The van der Waals surface area contributed by atoms with Gasteiger partial charge < -0.3 is 24.8 Å². The van der Waals surface area contributed by atoms with Crippen molar-refractivity contribution in [2.24, 2.45) is 5.10 Å². The van der Waals surface area contributed by atoms with Crippen molar-refractivity contribution in [3.05, 3.63) is 82.9 Å². The first-order valence-electron chi connectivity index (χ1n) is 11.5. The van der Waals surface area contributed by atoms with E-state index in [0.717, 1.165) is 22.4 Å². The first kappa shape index (κ1) is 25.2. The Kier molecular flexibility index (Phi) is 7.99. The van der Waals surface area contributed by atoms with Gasteiger partial charge in [0.25, 0.3) is 5.91 Å². The Morgan fingerprint density at radius 2 is 1.76 bits per heavy atom. The van der Waals surface area contributed by atoms with Gasteiger partial charge in [-0.1, -0.05) is 18.2 Å². The number of nitrogens with zero attached hydrogens (tertiary/aromatic N) is 1. The van der Waals surface area contributed by atoms with Crippen molar-refractivity contribution in [2.75, 3.05) is 18.7 Å². The molecule has 3 aromatic carbocycles. The summed E-state index contributed by atoms with van der Waals surface area (Å²) in [6.07, 6.45) is 1.39. The molecule has 190 valence electrons. The first-order valence-corrected chi connectivity index (χ1v) is 11.5. The molecule has 3 N–H and O–H groups in total. The minimum atomic E-state index is -0.896. The summed E-state index contributed by atoms with van der Waals surface area (Å²) in [6, 6.07) is 17.7. The molecule has 37 heavy (non-hydrogen) atoms. The molecule has 4 rings (SSSR count). The Morgan fingerprint density at radius 1 is 0.973 bits per heavy atom. The maximum Gasteiger partial charge on any atom is 0.329 e. The molecule has 0 aliphatic carbocycles. The number of carbonyl (C=O) groups is 3. The monoisotopic (exact) mass is 502 g/mol. The molecule has 0 aromatic heterocycles. The summed E-state index contributed by atoms with van der Waals surface area (Å²) >= 11 is 0. The number of nitrogens with one attached hydrogen (secondary N) is 3. The van der Waals surface area contributed by atoms with Crippen molar-refractivity contribution in [2.45, 2.75) is 20.4 Å². The third-order valence-corrected chi connectivity index (χ3v) is 5.60. The highest BCUT2D eigenvalue weighted by Crippen LogP contribution is 2.32. The summed E-state index contributed by atoms with van der Waals surface area (Å²) in [7, 11) is 0. The number of carbonyl (C=O) groups excluding carboxylic acids is 3. The van der Waals surface area contributed by atoms with E-state index >= 15 is 0 Å². The molecular weight excluding hydrogens is 476 g/mol. The van der Waals surface area contributed by atoms with E-state index in [0.29, 0.717) is 22.8 Å². The lowest BCUT2D eigenvalue weighted by Gasteiger charge is -2.11. The van der Waals surface area contributed by atoms with E-state index in [1.165, 1.54) is 6.21 Å². The second kappa shape index (κ2) is 11.7. The fourth-order valence-corrected chi connectivity index (χ4v) is 3.40. The normalized spacial score (nSPS) is 11.7. The van der Waals surface area contributed by atoms with E-state index in [1.54, 1.807) is 42.5 Å². The third-order valence-electron chi connectivity index (χ3n) is 5.60. The van der Waals surface area contributed by atoms with Crippen LogP contribution < -0.4 is 30.3 Å². The van der Waals surface area contributed by atoms with Gasteiger partial charge in [-0.25, -0.2) is 5.43 Å². The summed E-state index contributed by atoms with van der Waals surface area (Å²) in [6.45, 7) is 4.10. The summed E-state index contributed by atoms with van der Waals surface area (Å²) in [5.41, 5.74) is 6.46. The van der Waals surface area contributed by atoms with Crippen LogP contribution in [0, 0.1) is 13.8 Å². The molecule has 10 heteroatoms. The van der Waals surface area contributed by atoms with E-state index in [4.69, 9.17) is 14.2 Å². The molecule has 1 aliphatic rings. The van der Waals surface area contributed by atoms with Gasteiger partial charge in [0.15, 0.2) is 18.1 Å². The number of hydrogen-bond donors (Lipinski definition) is 3. The van der Waals surface area contributed by atoms with Crippen LogP contribution in [0.1, 0.15) is 22.3 Å². The number of aryl methyl sites for hydroxylation is 1. The highest BCUT2D eigenvalue weighted by molar-refractivity contribution is 6.35. The lowest BCUT2D eigenvalue weighted by atomic mass is 10.1. The lowest BCUT2D eigenvalue weighted by molar-refractivity contribution is -0.139.